The number of rotatable bonds is 7. The first-order chi connectivity index (χ1) is 12.8. The largest absolute Gasteiger partial charge is 0.453 e. The molecule has 2 heterocycles. The first kappa shape index (κ1) is 21.1. The number of aryl methyl sites for hydroxylation is 2. The highest BCUT2D eigenvalue weighted by atomic mass is 35.5. The molecule has 0 radical (unpaired) electrons. The summed E-state index contributed by atoms with van der Waals surface area (Å²) < 4.78 is 5.20. The Balaban J connectivity index is 1.88. The summed E-state index contributed by atoms with van der Waals surface area (Å²) in [5, 5.41) is 3.74. The second-order valence-corrected chi connectivity index (χ2v) is 7.05. The van der Waals surface area contributed by atoms with Gasteiger partial charge in [-0.05, 0) is 51.1 Å². The molecule has 2 aromatic heterocycles. The quantitative estimate of drug-likeness (QED) is 0.426. The third-order valence-electron chi connectivity index (χ3n) is 3.82. The molecule has 1 amide bonds. The number of hydrogen-bond acceptors (Lipinski definition) is 7. The van der Waals surface area contributed by atoms with E-state index in [0.29, 0.717) is 22.4 Å². The molecule has 7 nitrogen and oxygen atoms in total. The molecule has 0 unspecified atom stereocenters. The summed E-state index contributed by atoms with van der Waals surface area (Å²) >= 11 is 7.22. The van der Waals surface area contributed by atoms with Gasteiger partial charge in [0.05, 0.1) is 5.02 Å². The molecule has 0 aliphatic heterocycles. The van der Waals surface area contributed by atoms with Gasteiger partial charge in [-0.1, -0.05) is 23.4 Å². The van der Waals surface area contributed by atoms with Crippen LogP contribution >= 0.6 is 23.4 Å². The van der Waals surface area contributed by atoms with Crippen LogP contribution in [0.3, 0.4) is 0 Å². The topological polar surface area (TPSA) is 94.1 Å². The SMILES string of the molecule is CSc1nc(C)c(CCC(=O)O[C@@H](C)C(=O)Nc2ccc(Cl)cn2)c(C)n1. The zero-order valence-corrected chi connectivity index (χ0v) is 17.1. The van der Waals surface area contributed by atoms with Gasteiger partial charge >= 0.3 is 5.97 Å². The van der Waals surface area contributed by atoms with Gasteiger partial charge in [0, 0.05) is 24.0 Å². The average molecular weight is 409 g/mol. The summed E-state index contributed by atoms with van der Waals surface area (Å²) in [5.41, 5.74) is 2.62. The maximum Gasteiger partial charge on any atom is 0.306 e. The van der Waals surface area contributed by atoms with E-state index in [1.165, 1.54) is 24.9 Å². The Kier molecular flexibility index (Phi) is 7.55. The predicted octanol–water partition coefficient (Wildman–Crippen LogP) is 3.37. The normalized spacial score (nSPS) is 11.7. The van der Waals surface area contributed by atoms with E-state index in [1.807, 2.05) is 20.1 Å². The molecule has 144 valence electrons. The number of amides is 1. The van der Waals surface area contributed by atoms with Gasteiger partial charge in [0.15, 0.2) is 11.3 Å². The lowest BCUT2D eigenvalue weighted by Gasteiger charge is -2.14. The number of halogens is 1. The van der Waals surface area contributed by atoms with Crippen molar-refractivity contribution in [3.8, 4) is 0 Å². The maximum atomic E-state index is 12.1. The van der Waals surface area contributed by atoms with Crippen molar-refractivity contribution in [1.82, 2.24) is 15.0 Å². The van der Waals surface area contributed by atoms with Gasteiger partial charge in [0.2, 0.25) is 0 Å². The number of nitrogens with zero attached hydrogens (tertiary/aromatic N) is 3. The molecular formula is C18H21ClN4O3S. The molecule has 27 heavy (non-hydrogen) atoms. The number of pyridine rings is 1. The molecule has 0 aromatic carbocycles. The third kappa shape index (κ3) is 6.18. The van der Waals surface area contributed by atoms with Gasteiger partial charge in [-0.25, -0.2) is 15.0 Å². The number of ether oxygens (including phenoxy) is 1. The molecule has 0 aliphatic carbocycles. The van der Waals surface area contributed by atoms with E-state index in [4.69, 9.17) is 16.3 Å². The van der Waals surface area contributed by atoms with Crippen molar-refractivity contribution in [2.75, 3.05) is 11.6 Å². The number of carbonyl (C=O) groups excluding carboxylic acids is 2. The minimum absolute atomic E-state index is 0.139. The highest BCUT2D eigenvalue weighted by Crippen LogP contribution is 2.17. The number of aromatic nitrogens is 3. The van der Waals surface area contributed by atoms with E-state index < -0.39 is 18.0 Å². The van der Waals surface area contributed by atoms with Gasteiger partial charge < -0.3 is 10.1 Å². The van der Waals surface area contributed by atoms with Crippen LogP contribution in [0.4, 0.5) is 5.82 Å². The fourth-order valence-corrected chi connectivity index (χ4v) is 2.94. The predicted molar refractivity (Wildman–Crippen MR) is 105 cm³/mol. The van der Waals surface area contributed by atoms with Crippen molar-refractivity contribution in [1.29, 1.82) is 0 Å². The van der Waals surface area contributed by atoms with Crippen LogP contribution in [0.1, 0.15) is 30.3 Å². The van der Waals surface area contributed by atoms with Crippen LogP contribution in [0.25, 0.3) is 0 Å². The summed E-state index contributed by atoms with van der Waals surface area (Å²) in [6, 6.07) is 3.18. The first-order valence-electron chi connectivity index (χ1n) is 8.30. The van der Waals surface area contributed by atoms with Crippen LogP contribution in [-0.2, 0) is 20.7 Å². The lowest BCUT2D eigenvalue weighted by atomic mass is 10.1. The lowest BCUT2D eigenvalue weighted by Crippen LogP contribution is -2.30. The van der Waals surface area contributed by atoms with Crippen molar-refractivity contribution in [2.45, 2.75) is 44.9 Å². The monoisotopic (exact) mass is 408 g/mol. The van der Waals surface area contributed by atoms with Crippen LogP contribution in [-0.4, -0.2) is 39.2 Å². The minimum atomic E-state index is -0.938. The summed E-state index contributed by atoms with van der Waals surface area (Å²) in [5.74, 6) is -0.586. The molecule has 9 heteroatoms. The van der Waals surface area contributed by atoms with E-state index in [0.717, 1.165) is 17.0 Å². The third-order valence-corrected chi connectivity index (χ3v) is 4.59. The minimum Gasteiger partial charge on any atom is -0.453 e. The number of esters is 1. The molecule has 0 aliphatic rings. The lowest BCUT2D eigenvalue weighted by molar-refractivity contribution is -0.153. The molecule has 0 bridgehead atoms. The Labute approximate surface area is 167 Å². The zero-order chi connectivity index (χ0) is 20.0. The Hall–Kier alpha value is -2.19. The second-order valence-electron chi connectivity index (χ2n) is 5.84. The maximum absolute atomic E-state index is 12.1. The number of nitrogens with one attached hydrogen (secondary N) is 1. The van der Waals surface area contributed by atoms with Crippen LogP contribution in [0.15, 0.2) is 23.5 Å². The highest BCUT2D eigenvalue weighted by Gasteiger charge is 2.19. The van der Waals surface area contributed by atoms with Crippen LogP contribution in [0.2, 0.25) is 5.02 Å². The number of carbonyl (C=O) groups is 2. The van der Waals surface area contributed by atoms with Crippen LogP contribution < -0.4 is 5.32 Å². The van der Waals surface area contributed by atoms with Crippen molar-refractivity contribution in [3.05, 3.63) is 40.3 Å². The Morgan fingerprint density at radius 1 is 1.26 bits per heavy atom. The molecule has 1 atom stereocenters. The number of anilines is 1. The highest BCUT2D eigenvalue weighted by molar-refractivity contribution is 7.98. The van der Waals surface area contributed by atoms with Gasteiger partial charge in [-0.3, -0.25) is 9.59 Å². The molecule has 2 rings (SSSR count). The molecule has 2 aromatic rings. The van der Waals surface area contributed by atoms with Gasteiger partial charge in [0.1, 0.15) is 5.82 Å². The first-order valence-corrected chi connectivity index (χ1v) is 9.90. The van der Waals surface area contributed by atoms with E-state index >= 15 is 0 Å². The smallest absolute Gasteiger partial charge is 0.306 e. The van der Waals surface area contributed by atoms with E-state index in [9.17, 15) is 9.59 Å². The molecule has 0 fully saturated rings. The van der Waals surface area contributed by atoms with Crippen molar-refractivity contribution in [2.24, 2.45) is 0 Å². The molecule has 0 spiro atoms. The fraction of sp³-hybridized carbons (Fsp3) is 0.389. The Bertz CT molecular complexity index is 807. The van der Waals surface area contributed by atoms with E-state index in [2.05, 4.69) is 20.3 Å². The zero-order valence-electron chi connectivity index (χ0n) is 15.6. The van der Waals surface area contributed by atoms with Crippen LogP contribution in [0.5, 0.6) is 0 Å². The fourth-order valence-electron chi connectivity index (χ4n) is 2.38. The summed E-state index contributed by atoms with van der Waals surface area (Å²) in [6.45, 7) is 5.30. The van der Waals surface area contributed by atoms with Gasteiger partial charge in [-0.15, -0.1) is 0 Å². The van der Waals surface area contributed by atoms with Gasteiger partial charge in [0.25, 0.3) is 5.91 Å². The molecule has 0 saturated carbocycles. The number of hydrogen-bond donors (Lipinski definition) is 1. The Morgan fingerprint density at radius 3 is 2.48 bits per heavy atom. The standard InChI is InChI=1S/C18H21ClN4O3S/c1-10-14(11(2)22-18(21-10)27-4)6-8-16(24)26-12(3)17(25)23-15-7-5-13(19)9-20-15/h5,7,9,12H,6,8H2,1-4H3,(H,20,23,25)/t12-/m0/s1. The molecule has 0 saturated heterocycles. The summed E-state index contributed by atoms with van der Waals surface area (Å²) in [4.78, 5) is 36.9. The van der Waals surface area contributed by atoms with Crippen molar-refractivity contribution >= 4 is 41.1 Å². The summed E-state index contributed by atoms with van der Waals surface area (Å²) in [7, 11) is 0. The Morgan fingerprint density at radius 2 is 1.93 bits per heavy atom. The molecule has 1 N–H and O–H groups in total. The van der Waals surface area contributed by atoms with E-state index in [-0.39, 0.29) is 6.42 Å². The van der Waals surface area contributed by atoms with Crippen LogP contribution in [0, 0.1) is 13.8 Å². The second kappa shape index (κ2) is 9.66. The average Bonchev–Trinajstić information content (AvgIpc) is 2.62. The van der Waals surface area contributed by atoms with E-state index in [1.54, 1.807) is 12.1 Å². The van der Waals surface area contributed by atoms with Crippen molar-refractivity contribution < 1.29 is 14.3 Å². The summed E-state index contributed by atoms with van der Waals surface area (Å²) in [6.07, 6.45) is 2.99. The molecular weight excluding hydrogens is 388 g/mol. The van der Waals surface area contributed by atoms with Crippen molar-refractivity contribution in [3.63, 3.8) is 0 Å². The van der Waals surface area contributed by atoms with Gasteiger partial charge in [-0.2, -0.15) is 0 Å². The number of thioether (sulfide) groups is 1.